The van der Waals surface area contributed by atoms with Crippen LogP contribution in [0.15, 0.2) is 35.3 Å². The Morgan fingerprint density at radius 2 is 1.79 bits per heavy atom. The molecule has 2 heterocycles. The first-order valence-corrected chi connectivity index (χ1v) is 11.6. The van der Waals surface area contributed by atoms with E-state index < -0.39 is 0 Å². The molecule has 1 aliphatic carbocycles. The average Bonchev–Trinajstić information content (AvgIpc) is 3.37. The molecule has 0 radical (unpaired) electrons. The molecule has 0 amide bonds. The van der Waals surface area contributed by atoms with E-state index in [0.29, 0.717) is 5.92 Å². The molecule has 0 aromatic heterocycles. The van der Waals surface area contributed by atoms with Gasteiger partial charge in [-0.05, 0) is 62.5 Å². The molecule has 3 unspecified atom stereocenters. The summed E-state index contributed by atoms with van der Waals surface area (Å²) in [4.78, 5) is 10.3. The van der Waals surface area contributed by atoms with Crippen molar-refractivity contribution in [3.8, 4) is 0 Å². The molecule has 4 rings (SSSR count). The minimum Gasteiger partial charge on any atom is -0.357 e. The minimum atomic E-state index is 0.717. The maximum absolute atomic E-state index is 5.09. The van der Waals surface area contributed by atoms with Gasteiger partial charge in [0, 0.05) is 39.3 Å². The summed E-state index contributed by atoms with van der Waals surface area (Å²) < 4.78 is 0. The van der Waals surface area contributed by atoms with E-state index in [1.807, 2.05) is 0 Å². The fourth-order valence-corrected chi connectivity index (χ4v) is 5.42. The molecule has 28 heavy (non-hydrogen) atoms. The zero-order valence-electron chi connectivity index (χ0n) is 17.7. The van der Waals surface area contributed by atoms with Crippen LogP contribution in [0.3, 0.4) is 0 Å². The summed E-state index contributed by atoms with van der Waals surface area (Å²) in [5.41, 5.74) is 1.45. The average molecular weight is 383 g/mol. The predicted molar refractivity (Wildman–Crippen MR) is 118 cm³/mol. The molecule has 0 spiro atoms. The Balaban J connectivity index is 1.26. The number of benzene rings is 1. The standard InChI is InChI=1S/C24H38N4/c1-2-25-24(28-18-22-10-6-7-11-23(22)19-28)26-16-21-13-15-27(17-21)14-12-20-8-4-3-5-9-20/h3-5,8-9,21-23H,2,6-7,10-19H2,1H3,(H,25,26). The summed E-state index contributed by atoms with van der Waals surface area (Å²) in [6.07, 6.45) is 8.19. The van der Waals surface area contributed by atoms with Gasteiger partial charge in [0.15, 0.2) is 5.96 Å². The van der Waals surface area contributed by atoms with Crippen molar-refractivity contribution in [2.24, 2.45) is 22.7 Å². The van der Waals surface area contributed by atoms with Crippen molar-refractivity contribution in [2.75, 3.05) is 45.8 Å². The van der Waals surface area contributed by atoms with Gasteiger partial charge >= 0.3 is 0 Å². The van der Waals surface area contributed by atoms with Gasteiger partial charge in [-0.25, -0.2) is 0 Å². The van der Waals surface area contributed by atoms with Crippen LogP contribution in [0, 0.1) is 17.8 Å². The molecule has 0 bridgehead atoms. The molecule has 154 valence electrons. The van der Waals surface area contributed by atoms with Crippen LogP contribution in [0.25, 0.3) is 0 Å². The van der Waals surface area contributed by atoms with Crippen molar-refractivity contribution >= 4 is 5.96 Å². The Morgan fingerprint density at radius 1 is 1.04 bits per heavy atom. The van der Waals surface area contributed by atoms with E-state index in [4.69, 9.17) is 4.99 Å². The van der Waals surface area contributed by atoms with Gasteiger partial charge in [-0.15, -0.1) is 0 Å². The highest BCUT2D eigenvalue weighted by Gasteiger charge is 2.35. The summed E-state index contributed by atoms with van der Waals surface area (Å²) in [6, 6.07) is 10.9. The number of guanidine groups is 1. The van der Waals surface area contributed by atoms with E-state index in [1.54, 1.807) is 0 Å². The van der Waals surface area contributed by atoms with E-state index in [-0.39, 0.29) is 0 Å². The lowest BCUT2D eigenvalue weighted by molar-refractivity contribution is 0.299. The quantitative estimate of drug-likeness (QED) is 0.602. The number of nitrogens with zero attached hydrogens (tertiary/aromatic N) is 3. The molecule has 3 fully saturated rings. The summed E-state index contributed by atoms with van der Waals surface area (Å²) in [6.45, 7) is 10.2. The highest BCUT2D eigenvalue weighted by Crippen LogP contribution is 2.36. The van der Waals surface area contributed by atoms with E-state index in [1.165, 1.54) is 76.4 Å². The van der Waals surface area contributed by atoms with Gasteiger partial charge in [0.05, 0.1) is 0 Å². The van der Waals surface area contributed by atoms with E-state index in [0.717, 1.165) is 31.3 Å². The van der Waals surface area contributed by atoms with Gasteiger partial charge in [0.2, 0.25) is 0 Å². The Hall–Kier alpha value is -1.55. The number of hydrogen-bond donors (Lipinski definition) is 1. The zero-order chi connectivity index (χ0) is 19.2. The summed E-state index contributed by atoms with van der Waals surface area (Å²) >= 11 is 0. The second-order valence-corrected chi connectivity index (χ2v) is 9.10. The van der Waals surface area contributed by atoms with Crippen LogP contribution in [0.2, 0.25) is 0 Å². The van der Waals surface area contributed by atoms with Crippen LogP contribution in [0.5, 0.6) is 0 Å². The maximum Gasteiger partial charge on any atom is 0.193 e. The normalized spacial score (nSPS) is 28.5. The molecule has 1 aromatic rings. The lowest BCUT2D eigenvalue weighted by Gasteiger charge is -2.22. The Labute approximate surface area is 171 Å². The molecule has 1 saturated carbocycles. The van der Waals surface area contributed by atoms with Crippen LogP contribution in [0.4, 0.5) is 0 Å². The fourth-order valence-electron chi connectivity index (χ4n) is 5.42. The first kappa shape index (κ1) is 19.8. The minimum absolute atomic E-state index is 0.717. The van der Waals surface area contributed by atoms with E-state index in [2.05, 4.69) is 52.4 Å². The van der Waals surface area contributed by atoms with Crippen molar-refractivity contribution in [1.29, 1.82) is 0 Å². The van der Waals surface area contributed by atoms with E-state index >= 15 is 0 Å². The molecule has 3 atom stereocenters. The van der Waals surface area contributed by atoms with Crippen LogP contribution in [0.1, 0.15) is 44.6 Å². The third-order valence-corrected chi connectivity index (χ3v) is 7.04. The Bertz CT molecular complexity index is 615. The Kier molecular flexibility index (Phi) is 6.90. The first-order valence-electron chi connectivity index (χ1n) is 11.6. The van der Waals surface area contributed by atoms with E-state index in [9.17, 15) is 0 Å². The molecular formula is C24H38N4. The molecular weight excluding hydrogens is 344 g/mol. The van der Waals surface area contributed by atoms with Crippen LogP contribution >= 0.6 is 0 Å². The molecule has 4 heteroatoms. The van der Waals surface area contributed by atoms with Gasteiger partial charge in [-0.1, -0.05) is 43.2 Å². The molecule has 1 aromatic carbocycles. The monoisotopic (exact) mass is 382 g/mol. The zero-order valence-corrected chi connectivity index (χ0v) is 17.7. The highest BCUT2D eigenvalue weighted by atomic mass is 15.3. The lowest BCUT2D eigenvalue weighted by atomic mass is 9.82. The smallest absolute Gasteiger partial charge is 0.193 e. The van der Waals surface area contributed by atoms with Gasteiger partial charge in [-0.3, -0.25) is 4.99 Å². The first-order chi connectivity index (χ1) is 13.8. The van der Waals surface area contributed by atoms with Gasteiger partial charge in [0.1, 0.15) is 0 Å². The van der Waals surface area contributed by atoms with Gasteiger partial charge in [0.25, 0.3) is 0 Å². The van der Waals surface area contributed by atoms with Crippen molar-refractivity contribution in [2.45, 2.75) is 45.4 Å². The highest BCUT2D eigenvalue weighted by molar-refractivity contribution is 5.80. The number of hydrogen-bond acceptors (Lipinski definition) is 2. The second kappa shape index (κ2) is 9.78. The number of fused-ring (bicyclic) bond motifs is 1. The Morgan fingerprint density at radius 3 is 2.50 bits per heavy atom. The molecule has 4 nitrogen and oxygen atoms in total. The SMILES string of the molecule is CCNC(=NCC1CCN(CCc2ccccc2)C1)N1CC2CCCCC2C1. The second-order valence-electron chi connectivity index (χ2n) is 9.10. The third-order valence-electron chi connectivity index (χ3n) is 7.04. The van der Waals surface area contributed by atoms with Crippen molar-refractivity contribution in [1.82, 2.24) is 15.1 Å². The molecule has 3 aliphatic rings. The lowest BCUT2D eigenvalue weighted by Crippen LogP contribution is -2.40. The third kappa shape index (κ3) is 5.08. The number of nitrogens with one attached hydrogen (secondary N) is 1. The molecule has 2 aliphatic heterocycles. The van der Waals surface area contributed by atoms with Gasteiger partial charge in [-0.2, -0.15) is 0 Å². The predicted octanol–water partition coefficient (Wildman–Crippen LogP) is 3.64. The topological polar surface area (TPSA) is 30.9 Å². The van der Waals surface area contributed by atoms with Crippen molar-refractivity contribution in [3.05, 3.63) is 35.9 Å². The van der Waals surface area contributed by atoms with Crippen LogP contribution in [-0.2, 0) is 6.42 Å². The number of aliphatic imine (C=N–C) groups is 1. The largest absolute Gasteiger partial charge is 0.357 e. The van der Waals surface area contributed by atoms with Crippen molar-refractivity contribution < 1.29 is 0 Å². The summed E-state index contributed by atoms with van der Waals surface area (Å²) in [7, 11) is 0. The number of likely N-dealkylation sites (tertiary alicyclic amines) is 2. The van der Waals surface area contributed by atoms with Crippen molar-refractivity contribution in [3.63, 3.8) is 0 Å². The summed E-state index contributed by atoms with van der Waals surface area (Å²) in [5, 5.41) is 3.58. The maximum atomic E-state index is 5.09. The molecule has 2 saturated heterocycles. The fraction of sp³-hybridized carbons (Fsp3) is 0.708. The number of rotatable bonds is 6. The van der Waals surface area contributed by atoms with Crippen LogP contribution < -0.4 is 5.32 Å². The molecule has 1 N–H and O–H groups in total. The van der Waals surface area contributed by atoms with Gasteiger partial charge < -0.3 is 15.1 Å². The summed E-state index contributed by atoms with van der Waals surface area (Å²) in [5.74, 6) is 3.73. The van der Waals surface area contributed by atoms with Crippen LogP contribution in [-0.4, -0.2) is 61.6 Å².